The molecule has 1 fully saturated rings. The van der Waals surface area contributed by atoms with Crippen LogP contribution in [0.15, 0.2) is 10.5 Å². The van der Waals surface area contributed by atoms with E-state index < -0.39 is 23.9 Å². The first-order valence-electron chi connectivity index (χ1n) is 5.61. The number of carbonyl (C=O) groups is 2. The summed E-state index contributed by atoms with van der Waals surface area (Å²) < 4.78 is 0. The summed E-state index contributed by atoms with van der Waals surface area (Å²) in [5, 5.41) is 17.6. The number of oxime groups is 1. The molecule has 4 N–H and O–H groups in total. The molecule has 0 radical (unpaired) electrons. The maximum absolute atomic E-state index is 12.1. The Morgan fingerprint density at radius 2 is 2.40 bits per heavy atom. The number of nitrogens with one attached hydrogen (secondary N) is 1. The standard InChI is InChI=1S/C10H13N5O4S/c1-4-6(9(17)15(4)18)13-8(16)7(14-19-2)5-3-20-10(11)12-5/h3-4,6,18H,1-2H3,(H2,11,12)(H,13,16)/t4-,6-/m0/s1. The Bertz CT molecular complexity index is 572. The first kappa shape index (κ1) is 14.2. The maximum atomic E-state index is 12.1. The van der Waals surface area contributed by atoms with Crippen molar-refractivity contribution in [3.05, 3.63) is 11.1 Å². The van der Waals surface area contributed by atoms with Gasteiger partial charge in [0.25, 0.3) is 11.8 Å². The van der Waals surface area contributed by atoms with Gasteiger partial charge >= 0.3 is 0 Å². The molecule has 1 aliphatic rings. The number of amides is 2. The normalized spacial score (nSPS) is 22.4. The van der Waals surface area contributed by atoms with Gasteiger partial charge in [0, 0.05) is 5.38 Å². The predicted octanol–water partition coefficient (Wildman–Crippen LogP) is -0.819. The minimum absolute atomic E-state index is 0.0863. The highest BCUT2D eigenvalue weighted by molar-refractivity contribution is 7.13. The van der Waals surface area contributed by atoms with Crippen molar-refractivity contribution in [3.63, 3.8) is 0 Å². The summed E-state index contributed by atoms with van der Waals surface area (Å²) in [5.74, 6) is -1.21. The SMILES string of the molecule is CON=C(C(=O)N[C@@H]1C(=O)N(O)[C@H]1C)c1csc(N)n1. The van der Waals surface area contributed by atoms with E-state index in [2.05, 4.69) is 20.3 Å². The fourth-order valence-electron chi connectivity index (χ4n) is 1.69. The molecular formula is C10H13N5O4S. The van der Waals surface area contributed by atoms with Gasteiger partial charge < -0.3 is 15.9 Å². The van der Waals surface area contributed by atoms with E-state index in [1.807, 2.05) is 0 Å². The Kier molecular flexibility index (Phi) is 3.86. The molecule has 1 aliphatic heterocycles. The minimum atomic E-state index is -0.800. The minimum Gasteiger partial charge on any atom is -0.398 e. The van der Waals surface area contributed by atoms with Crippen molar-refractivity contribution >= 4 is 34.0 Å². The van der Waals surface area contributed by atoms with Crippen LogP contribution in [0.1, 0.15) is 12.6 Å². The van der Waals surface area contributed by atoms with Gasteiger partial charge in [-0.05, 0) is 6.92 Å². The van der Waals surface area contributed by atoms with Gasteiger partial charge in [-0.15, -0.1) is 11.3 Å². The van der Waals surface area contributed by atoms with Crippen LogP contribution in [0.2, 0.25) is 0 Å². The number of hydrogen-bond acceptors (Lipinski definition) is 8. The number of hydroxylamine groups is 2. The second-order valence-electron chi connectivity index (χ2n) is 4.07. The van der Waals surface area contributed by atoms with Gasteiger partial charge in [-0.2, -0.15) is 0 Å². The molecule has 2 rings (SSSR count). The summed E-state index contributed by atoms with van der Waals surface area (Å²) in [6, 6.07) is -1.30. The Hall–Kier alpha value is -2.20. The van der Waals surface area contributed by atoms with E-state index in [4.69, 9.17) is 5.73 Å². The van der Waals surface area contributed by atoms with E-state index in [-0.39, 0.29) is 16.5 Å². The smallest absolute Gasteiger partial charge is 0.276 e. The number of rotatable bonds is 4. The van der Waals surface area contributed by atoms with Crippen LogP contribution in [0.3, 0.4) is 0 Å². The van der Waals surface area contributed by atoms with E-state index in [0.29, 0.717) is 5.06 Å². The number of aromatic nitrogens is 1. The average molecular weight is 299 g/mol. The van der Waals surface area contributed by atoms with Crippen LogP contribution in [0.25, 0.3) is 0 Å². The number of hydrogen-bond donors (Lipinski definition) is 3. The number of nitrogens with two attached hydrogens (primary N) is 1. The van der Waals surface area contributed by atoms with Crippen LogP contribution in [0.5, 0.6) is 0 Å². The van der Waals surface area contributed by atoms with Crippen molar-refractivity contribution in [2.24, 2.45) is 5.16 Å². The molecule has 2 heterocycles. The molecule has 9 nitrogen and oxygen atoms in total. The molecular weight excluding hydrogens is 286 g/mol. The molecule has 20 heavy (non-hydrogen) atoms. The van der Waals surface area contributed by atoms with Gasteiger partial charge in [0.1, 0.15) is 18.8 Å². The van der Waals surface area contributed by atoms with Crippen molar-refractivity contribution in [1.82, 2.24) is 15.4 Å². The van der Waals surface area contributed by atoms with E-state index in [0.717, 1.165) is 11.3 Å². The summed E-state index contributed by atoms with van der Waals surface area (Å²) >= 11 is 1.15. The number of carbonyl (C=O) groups excluding carboxylic acids is 2. The zero-order valence-electron chi connectivity index (χ0n) is 10.7. The summed E-state index contributed by atoms with van der Waals surface area (Å²) in [5.41, 5.74) is 5.67. The molecule has 0 bridgehead atoms. The van der Waals surface area contributed by atoms with E-state index in [1.54, 1.807) is 12.3 Å². The zero-order chi connectivity index (χ0) is 14.9. The number of thiazole rings is 1. The van der Waals surface area contributed by atoms with Crippen molar-refractivity contribution in [3.8, 4) is 0 Å². The lowest BCUT2D eigenvalue weighted by molar-refractivity contribution is -0.207. The van der Waals surface area contributed by atoms with Gasteiger partial charge in [0.05, 0.1) is 6.04 Å². The largest absolute Gasteiger partial charge is 0.398 e. The maximum Gasteiger partial charge on any atom is 0.276 e. The van der Waals surface area contributed by atoms with Crippen LogP contribution in [0.4, 0.5) is 5.13 Å². The lowest BCUT2D eigenvalue weighted by atomic mass is 10.00. The summed E-state index contributed by atoms with van der Waals surface area (Å²) in [6.45, 7) is 1.60. The Labute approximate surface area is 118 Å². The molecule has 1 aromatic rings. The Morgan fingerprint density at radius 1 is 1.70 bits per heavy atom. The second kappa shape index (κ2) is 5.43. The number of nitrogen functional groups attached to an aromatic ring is 1. The molecule has 2 atom stereocenters. The Balaban J connectivity index is 2.13. The van der Waals surface area contributed by atoms with Crippen molar-refractivity contribution in [1.29, 1.82) is 0 Å². The summed E-state index contributed by atoms with van der Waals surface area (Å²) in [7, 11) is 1.29. The molecule has 1 saturated heterocycles. The molecule has 0 spiro atoms. The number of anilines is 1. The lowest BCUT2D eigenvalue weighted by Crippen LogP contribution is -2.68. The van der Waals surface area contributed by atoms with Gasteiger partial charge in [-0.1, -0.05) is 5.16 Å². The first-order valence-corrected chi connectivity index (χ1v) is 6.49. The zero-order valence-corrected chi connectivity index (χ0v) is 11.5. The lowest BCUT2D eigenvalue weighted by Gasteiger charge is -2.40. The van der Waals surface area contributed by atoms with Gasteiger partial charge in [0.2, 0.25) is 0 Å². The van der Waals surface area contributed by atoms with Crippen LogP contribution in [-0.2, 0) is 14.4 Å². The third-order valence-corrected chi connectivity index (χ3v) is 3.48. The van der Waals surface area contributed by atoms with Crippen molar-refractivity contribution in [2.45, 2.75) is 19.0 Å². The van der Waals surface area contributed by atoms with Gasteiger partial charge in [-0.25, -0.2) is 10.0 Å². The first-order chi connectivity index (χ1) is 9.45. The molecule has 0 aromatic carbocycles. The molecule has 0 saturated carbocycles. The third kappa shape index (κ3) is 2.42. The van der Waals surface area contributed by atoms with E-state index in [1.165, 1.54) is 7.11 Å². The van der Waals surface area contributed by atoms with Crippen molar-refractivity contribution in [2.75, 3.05) is 12.8 Å². The molecule has 2 amide bonds. The molecule has 10 heteroatoms. The van der Waals surface area contributed by atoms with Gasteiger partial charge in [-0.3, -0.25) is 14.8 Å². The van der Waals surface area contributed by atoms with Gasteiger partial charge in [0.15, 0.2) is 10.8 Å². The number of β-lactam (4-membered cyclic amide) rings is 1. The fraction of sp³-hybridized carbons (Fsp3) is 0.400. The number of nitrogens with zero attached hydrogens (tertiary/aromatic N) is 3. The molecule has 0 aliphatic carbocycles. The van der Waals surface area contributed by atoms with E-state index >= 15 is 0 Å². The van der Waals surface area contributed by atoms with Crippen LogP contribution < -0.4 is 11.1 Å². The Morgan fingerprint density at radius 3 is 2.90 bits per heavy atom. The topological polar surface area (TPSA) is 130 Å². The fourth-order valence-corrected chi connectivity index (χ4v) is 2.24. The molecule has 1 aromatic heterocycles. The monoisotopic (exact) mass is 299 g/mol. The highest BCUT2D eigenvalue weighted by atomic mass is 32.1. The average Bonchev–Trinajstić information content (AvgIpc) is 2.86. The summed E-state index contributed by atoms with van der Waals surface area (Å²) in [4.78, 5) is 32.0. The van der Waals surface area contributed by atoms with Crippen molar-refractivity contribution < 1.29 is 19.6 Å². The predicted molar refractivity (Wildman–Crippen MR) is 70.1 cm³/mol. The quantitative estimate of drug-likeness (QED) is 0.288. The molecule has 0 unspecified atom stereocenters. The highest BCUT2D eigenvalue weighted by Crippen LogP contribution is 2.17. The second-order valence-corrected chi connectivity index (χ2v) is 4.96. The van der Waals surface area contributed by atoms with Crippen LogP contribution in [0, 0.1) is 0 Å². The summed E-state index contributed by atoms with van der Waals surface area (Å²) in [6.07, 6.45) is 0. The molecule has 108 valence electrons. The van der Waals surface area contributed by atoms with E-state index in [9.17, 15) is 14.8 Å². The highest BCUT2D eigenvalue weighted by Gasteiger charge is 2.45. The van der Waals surface area contributed by atoms with Crippen LogP contribution >= 0.6 is 11.3 Å². The van der Waals surface area contributed by atoms with Crippen LogP contribution in [-0.4, -0.2) is 52.0 Å². The third-order valence-electron chi connectivity index (χ3n) is 2.81.